The summed E-state index contributed by atoms with van der Waals surface area (Å²) in [7, 11) is 0. The van der Waals surface area contributed by atoms with Crippen LogP contribution in [0, 0.1) is 20.8 Å². The zero-order valence-electron chi connectivity index (χ0n) is 17.5. The lowest BCUT2D eigenvalue weighted by atomic mass is 10.1. The zero-order valence-corrected chi connectivity index (χ0v) is 18.3. The summed E-state index contributed by atoms with van der Waals surface area (Å²) in [5, 5.41) is 12.1. The average molecular weight is 423 g/mol. The Hall–Kier alpha value is -3.06. The van der Waals surface area contributed by atoms with Crippen molar-refractivity contribution in [2.75, 3.05) is 11.1 Å². The van der Waals surface area contributed by atoms with Crippen molar-refractivity contribution in [1.82, 2.24) is 14.8 Å². The van der Waals surface area contributed by atoms with E-state index in [1.165, 1.54) is 11.8 Å². The maximum Gasteiger partial charge on any atom is 0.234 e. The predicted molar refractivity (Wildman–Crippen MR) is 121 cm³/mol. The van der Waals surface area contributed by atoms with Crippen LogP contribution in [0.3, 0.4) is 0 Å². The molecule has 6 nitrogen and oxygen atoms in total. The molecule has 0 bridgehead atoms. The number of amides is 1. The SMILES string of the molecule is C=CCn1c(COc2ccccc2C)nnc1SCC(=O)Nc1ccc(C)cc1C. The molecular weight excluding hydrogens is 396 g/mol. The summed E-state index contributed by atoms with van der Waals surface area (Å²) in [5.74, 6) is 1.65. The molecule has 156 valence electrons. The first-order valence-corrected chi connectivity index (χ1v) is 10.7. The molecule has 1 N–H and O–H groups in total. The first-order chi connectivity index (χ1) is 14.5. The van der Waals surface area contributed by atoms with Crippen LogP contribution >= 0.6 is 11.8 Å². The van der Waals surface area contributed by atoms with Crippen molar-refractivity contribution < 1.29 is 9.53 Å². The molecule has 0 aliphatic rings. The molecule has 0 radical (unpaired) electrons. The van der Waals surface area contributed by atoms with Gasteiger partial charge in [0, 0.05) is 12.2 Å². The largest absolute Gasteiger partial charge is 0.485 e. The van der Waals surface area contributed by atoms with Crippen LogP contribution in [0.1, 0.15) is 22.5 Å². The number of allylic oxidation sites excluding steroid dienone is 1. The van der Waals surface area contributed by atoms with Crippen molar-refractivity contribution in [2.45, 2.75) is 39.1 Å². The zero-order chi connectivity index (χ0) is 21.5. The van der Waals surface area contributed by atoms with Gasteiger partial charge in [0.2, 0.25) is 5.91 Å². The maximum absolute atomic E-state index is 12.4. The van der Waals surface area contributed by atoms with E-state index in [1.54, 1.807) is 6.08 Å². The number of rotatable bonds is 9. The topological polar surface area (TPSA) is 69.0 Å². The summed E-state index contributed by atoms with van der Waals surface area (Å²) in [4.78, 5) is 12.4. The molecular formula is C23H26N4O2S. The maximum atomic E-state index is 12.4. The lowest BCUT2D eigenvalue weighted by Gasteiger charge is -2.11. The summed E-state index contributed by atoms with van der Waals surface area (Å²) in [6, 6.07) is 13.8. The van der Waals surface area contributed by atoms with Gasteiger partial charge in [0.1, 0.15) is 12.4 Å². The molecule has 0 fully saturated rings. The Balaban J connectivity index is 1.63. The Kier molecular flexibility index (Phi) is 7.30. The minimum absolute atomic E-state index is 0.0854. The van der Waals surface area contributed by atoms with E-state index in [0.717, 1.165) is 28.1 Å². The lowest BCUT2D eigenvalue weighted by Crippen LogP contribution is -2.15. The van der Waals surface area contributed by atoms with Crippen molar-refractivity contribution in [1.29, 1.82) is 0 Å². The number of carbonyl (C=O) groups is 1. The third kappa shape index (κ3) is 5.51. The van der Waals surface area contributed by atoms with E-state index in [0.29, 0.717) is 24.1 Å². The second-order valence-corrected chi connectivity index (χ2v) is 7.95. The number of nitrogens with zero attached hydrogens (tertiary/aromatic N) is 3. The number of para-hydroxylation sites is 1. The van der Waals surface area contributed by atoms with Crippen LogP contribution in [0.5, 0.6) is 5.75 Å². The molecule has 0 saturated heterocycles. The minimum Gasteiger partial charge on any atom is -0.485 e. The number of carbonyl (C=O) groups excluding carboxylic acids is 1. The van der Waals surface area contributed by atoms with Gasteiger partial charge in [-0.1, -0.05) is 53.7 Å². The van der Waals surface area contributed by atoms with Gasteiger partial charge in [-0.05, 0) is 44.0 Å². The van der Waals surface area contributed by atoms with Gasteiger partial charge in [0.05, 0.1) is 5.75 Å². The Morgan fingerprint density at radius 2 is 1.97 bits per heavy atom. The third-order valence-corrected chi connectivity index (χ3v) is 5.51. The summed E-state index contributed by atoms with van der Waals surface area (Å²) in [6.07, 6.45) is 1.78. The van der Waals surface area contributed by atoms with Gasteiger partial charge in [-0.25, -0.2) is 0 Å². The fourth-order valence-corrected chi connectivity index (χ4v) is 3.74. The van der Waals surface area contributed by atoms with Crippen molar-refractivity contribution in [3.8, 4) is 5.75 Å². The molecule has 1 heterocycles. The monoisotopic (exact) mass is 422 g/mol. The van der Waals surface area contributed by atoms with Gasteiger partial charge in [-0.3, -0.25) is 9.36 Å². The van der Waals surface area contributed by atoms with E-state index in [1.807, 2.05) is 67.8 Å². The van der Waals surface area contributed by atoms with Gasteiger partial charge in [0.25, 0.3) is 0 Å². The number of thioether (sulfide) groups is 1. The Morgan fingerprint density at radius 1 is 1.17 bits per heavy atom. The lowest BCUT2D eigenvalue weighted by molar-refractivity contribution is -0.113. The van der Waals surface area contributed by atoms with Crippen LogP contribution < -0.4 is 10.1 Å². The molecule has 0 aliphatic heterocycles. The quantitative estimate of drug-likeness (QED) is 0.400. The molecule has 0 saturated carbocycles. The molecule has 3 rings (SSSR count). The number of hydrogen-bond donors (Lipinski definition) is 1. The van der Waals surface area contributed by atoms with E-state index in [4.69, 9.17) is 4.74 Å². The smallest absolute Gasteiger partial charge is 0.234 e. The minimum atomic E-state index is -0.0854. The highest BCUT2D eigenvalue weighted by molar-refractivity contribution is 7.99. The highest BCUT2D eigenvalue weighted by Gasteiger charge is 2.15. The molecule has 0 spiro atoms. The molecule has 30 heavy (non-hydrogen) atoms. The van der Waals surface area contributed by atoms with Gasteiger partial charge >= 0.3 is 0 Å². The van der Waals surface area contributed by atoms with Crippen LogP contribution in [0.2, 0.25) is 0 Å². The molecule has 3 aromatic rings. The van der Waals surface area contributed by atoms with Crippen LogP contribution in [-0.4, -0.2) is 26.4 Å². The van der Waals surface area contributed by atoms with Gasteiger partial charge < -0.3 is 10.1 Å². The fourth-order valence-electron chi connectivity index (χ4n) is 2.98. The van der Waals surface area contributed by atoms with E-state index in [9.17, 15) is 4.79 Å². The van der Waals surface area contributed by atoms with Crippen molar-refractivity contribution in [2.24, 2.45) is 0 Å². The van der Waals surface area contributed by atoms with Crippen molar-refractivity contribution in [3.05, 3.63) is 77.6 Å². The van der Waals surface area contributed by atoms with Crippen LogP contribution in [0.4, 0.5) is 5.69 Å². The van der Waals surface area contributed by atoms with E-state index < -0.39 is 0 Å². The summed E-state index contributed by atoms with van der Waals surface area (Å²) < 4.78 is 7.82. The number of aryl methyl sites for hydroxylation is 3. The predicted octanol–water partition coefficient (Wildman–Crippen LogP) is 4.70. The first-order valence-electron chi connectivity index (χ1n) is 9.69. The number of nitrogens with one attached hydrogen (secondary N) is 1. The van der Waals surface area contributed by atoms with Gasteiger partial charge in [0.15, 0.2) is 11.0 Å². The van der Waals surface area contributed by atoms with E-state index >= 15 is 0 Å². The Labute approximate surface area is 181 Å². The number of hydrogen-bond acceptors (Lipinski definition) is 5. The van der Waals surface area contributed by atoms with E-state index in [2.05, 4.69) is 22.1 Å². The first kappa shape index (κ1) is 21.6. The van der Waals surface area contributed by atoms with Gasteiger partial charge in [-0.15, -0.1) is 16.8 Å². The number of aromatic nitrogens is 3. The summed E-state index contributed by atoms with van der Waals surface area (Å²) in [6.45, 7) is 10.7. The van der Waals surface area contributed by atoms with Gasteiger partial charge in [-0.2, -0.15) is 0 Å². The highest BCUT2D eigenvalue weighted by Crippen LogP contribution is 2.22. The molecule has 0 atom stereocenters. The Morgan fingerprint density at radius 3 is 2.70 bits per heavy atom. The molecule has 7 heteroatoms. The second-order valence-electron chi connectivity index (χ2n) is 7.01. The van der Waals surface area contributed by atoms with Crippen LogP contribution in [-0.2, 0) is 17.9 Å². The molecule has 0 unspecified atom stereocenters. The average Bonchev–Trinajstić information content (AvgIpc) is 3.10. The molecule has 1 aromatic heterocycles. The normalized spacial score (nSPS) is 10.6. The summed E-state index contributed by atoms with van der Waals surface area (Å²) in [5.41, 5.74) is 4.09. The third-order valence-electron chi connectivity index (χ3n) is 4.54. The number of ether oxygens (including phenoxy) is 1. The molecule has 0 aliphatic carbocycles. The summed E-state index contributed by atoms with van der Waals surface area (Å²) >= 11 is 1.34. The van der Waals surface area contributed by atoms with Crippen molar-refractivity contribution >= 4 is 23.4 Å². The van der Waals surface area contributed by atoms with Crippen LogP contribution in [0.15, 0.2) is 60.3 Å². The van der Waals surface area contributed by atoms with E-state index in [-0.39, 0.29) is 11.7 Å². The Bertz CT molecular complexity index is 1050. The number of anilines is 1. The molecule has 1 amide bonds. The fraction of sp³-hybridized carbons (Fsp3) is 0.261. The second kappa shape index (κ2) is 10.1. The standard InChI is InChI=1S/C23H26N4O2S/c1-5-12-27-21(14-29-20-9-7-6-8-17(20)3)25-26-23(27)30-15-22(28)24-19-11-10-16(2)13-18(19)4/h5-11,13H,1,12,14-15H2,2-4H3,(H,24,28). The number of benzene rings is 2. The van der Waals surface area contributed by atoms with Crippen molar-refractivity contribution in [3.63, 3.8) is 0 Å². The van der Waals surface area contributed by atoms with Crippen LogP contribution in [0.25, 0.3) is 0 Å². The molecule has 2 aromatic carbocycles. The highest BCUT2D eigenvalue weighted by atomic mass is 32.2.